The van der Waals surface area contributed by atoms with Crippen LogP contribution in [0.4, 0.5) is 0 Å². The van der Waals surface area contributed by atoms with Crippen LogP contribution < -0.4 is 0 Å². The Labute approximate surface area is 129 Å². The minimum Gasteiger partial charge on any atom is -0.292 e. The average Bonchev–Trinajstić information content (AvgIpc) is 3.17. The molecule has 1 aromatic carbocycles. The molecule has 0 spiro atoms. The van der Waals surface area contributed by atoms with E-state index in [0.717, 1.165) is 20.5 Å². The van der Waals surface area contributed by atoms with E-state index in [1.807, 2.05) is 53.2 Å². The van der Waals surface area contributed by atoms with E-state index in [1.54, 1.807) is 11.3 Å². The Morgan fingerprint density at radius 2 is 1.95 bits per heavy atom. The molecule has 0 aliphatic carbocycles. The SMILES string of the molecule is O=C(CSc1nc(-c2ccccc2)cs1)c1cccs1. The highest BCUT2D eigenvalue weighted by atomic mass is 32.2. The fourth-order valence-corrected chi connectivity index (χ4v) is 4.18. The first-order chi connectivity index (χ1) is 9.83. The van der Waals surface area contributed by atoms with Crippen molar-refractivity contribution < 1.29 is 4.79 Å². The summed E-state index contributed by atoms with van der Waals surface area (Å²) in [6, 6.07) is 13.8. The lowest BCUT2D eigenvalue weighted by Crippen LogP contribution is -1.98. The lowest BCUT2D eigenvalue weighted by Gasteiger charge is -1.96. The topological polar surface area (TPSA) is 30.0 Å². The van der Waals surface area contributed by atoms with E-state index in [-0.39, 0.29) is 5.78 Å². The molecule has 2 nitrogen and oxygen atoms in total. The van der Waals surface area contributed by atoms with E-state index in [4.69, 9.17) is 0 Å². The molecule has 5 heteroatoms. The molecule has 0 saturated heterocycles. The molecule has 0 unspecified atom stereocenters. The van der Waals surface area contributed by atoms with Crippen molar-refractivity contribution in [3.05, 3.63) is 58.1 Å². The van der Waals surface area contributed by atoms with Crippen molar-refractivity contribution >= 4 is 40.2 Å². The molecule has 0 radical (unpaired) electrons. The van der Waals surface area contributed by atoms with E-state index < -0.39 is 0 Å². The van der Waals surface area contributed by atoms with E-state index >= 15 is 0 Å². The Hall–Kier alpha value is -1.43. The second-order valence-electron chi connectivity index (χ2n) is 4.05. The first kappa shape index (κ1) is 13.5. The maximum absolute atomic E-state index is 11.9. The number of nitrogens with zero attached hydrogens (tertiary/aromatic N) is 1. The van der Waals surface area contributed by atoms with Crippen LogP contribution in [-0.2, 0) is 0 Å². The predicted molar refractivity (Wildman–Crippen MR) is 86.9 cm³/mol. The number of ketones is 1. The maximum atomic E-state index is 11.9. The monoisotopic (exact) mass is 317 g/mol. The lowest BCUT2D eigenvalue weighted by molar-refractivity contribution is 0.102. The summed E-state index contributed by atoms with van der Waals surface area (Å²) in [4.78, 5) is 17.3. The number of benzene rings is 1. The van der Waals surface area contributed by atoms with Crippen molar-refractivity contribution in [2.45, 2.75) is 4.34 Å². The van der Waals surface area contributed by atoms with Crippen molar-refractivity contribution in [3.63, 3.8) is 0 Å². The summed E-state index contributed by atoms with van der Waals surface area (Å²) in [5.41, 5.74) is 2.09. The van der Waals surface area contributed by atoms with Crippen LogP contribution in [0.15, 0.2) is 57.6 Å². The number of Topliss-reactive ketones (excluding diaryl/α,β-unsaturated/α-hetero) is 1. The quantitative estimate of drug-likeness (QED) is 0.498. The third-order valence-corrected chi connectivity index (χ3v) is 5.61. The van der Waals surface area contributed by atoms with Crippen molar-refractivity contribution in [3.8, 4) is 11.3 Å². The number of hydrogen-bond acceptors (Lipinski definition) is 5. The van der Waals surface area contributed by atoms with Crippen molar-refractivity contribution in [2.75, 3.05) is 5.75 Å². The largest absolute Gasteiger partial charge is 0.292 e. The number of carbonyl (C=O) groups excluding carboxylic acids is 1. The number of hydrogen-bond donors (Lipinski definition) is 0. The van der Waals surface area contributed by atoms with Crippen LogP contribution in [0.1, 0.15) is 9.67 Å². The van der Waals surface area contributed by atoms with Crippen LogP contribution in [0, 0.1) is 0 Å². The summed E-state index contributed by atoms with van der Waals surface area (Å²) in [6.07, 6.45) is 0. The Morgan fingerprint density at radius 1 is 1.10 bits per heavy atom. The Kier molecular flexibility index (Phi) is 4.30. The molecule has 3 rings (SSSR count). The highest BCUT2D eigenvalue weighted by molar-refractivity contribution is 8.01. The number of thiophene rings is 1. The number of thiazole rings is 1. The van der Waals surface area contributed by atoms with E-state index in [9.17, 15) is 4.79 Å². The van der Waals surface area contributed by atoms with Gasteiger partial charge in [-0.1, -0.05) is 48.2 Å². The van der Waals surface area contributed by atoms with E-state index in [0.29, 0.717) is 5.75 Å². The van der Waals surface area contributed by atoms with Gasteiger partial charge in [0, 0.05) is 10.9 Å². The summed E-state index contributed by atoms with van der Waals surface area (Å²) < 4.78 is 0.939. The van der Waals surface area contributed by atoms with Gasteiger partial charge in [-0.2, -0.15) is 0 Å². The molecule has 2 aromatic heterocycles. The highest BCUT2D eigenvalue weighted by Gasteiger charge is 2.10. The van der Waals surface area contributed by atoms with Gasteiger partial charge in [0.15, 0.2) is 10.1 Å². The molecule has 0 bridgehead atoms. The fraction of sp³-hybridized carbons (Fsp3) is 0.0667. The van der Waals surface area contributed by atoms with Gasteiger partial charge in [0.05, 0.1) is 16.3 Å². The van der Waals surface area contributed by atoms with Gasteiger partial charge in [-0.3, -0.25) is 4.79 Å². The van der Waals surface area contributed by atoms with Gasteiger partial charge in [-0.25, -0.2) is 4.98 Å². The van der Waals surface area contributed by atoms with Gasteiger partial charge in [0.2, 0.25) is 0 Å². The Morgan fingerprint density at radius 3 is 2.70 bits per heavy atom. The number of aromatic nitrogens is 1. The predicted octanol–water partition coefficient (Wildman–Crippen LogP) is 4.85. The van der Waals surface area contributed by atoms with Crippen LogP contribution in [0.25, 0.3) is 11.3 Å². The van der Waals surface area contributed by atoms with Gasteiger partial charge < -0.3 is 0 Å². The maximum Gasteiger partial charge on any atom is 0.183 e. The molecule has 20 heavy (non-hydrogen) atoms. The molecule has 0 amide bonds. The second-order valence-corrected chi connectivity index (χ2v) is 7.08. The lowest BCUT2D eigenvalue weighted by atomic mass is 10.2. The van der Waals surface area contributed by atoms with Gasteiger partial charge in [-0.15, -0.1) is 22.7 Å². The van der Waals surface area contributed by atoms with Crippen molar-refractivity contribution in [1.82, 2.24) is 4.98 Å². The van der Waals surface area contributed by atoms with Gasteiger partial charge in [-0.05, 0) is 11.4 Å². The van der Waals surface area contributed by atoms with Crippen molar-refractivity contribution in [2.24, 2.45) is 0 Å². The third-order valence-electron chi connectivity index (χ3n) is 2.68. The molecule has 0 N–H and O–H groups in total. The summed E-state index contributed by atoms with van der Waals surface area (Å²) in [5, 5.41) is 3.96. The summed E-state index contributed by atoms with van der Waals surface area (Å²) >= 11 is 4.58. The molecule has 0 aliphatic rings. The highest BCUT2D eigenvalue weighted by Crippen LogP contribution is 2.28. The third kappa shape index (κ3) is 3.17. The minimum absolute atomic E-state index is 0.168. The molecule has 0 saturated carbocycles. The van der Waals surface area contributed by atoms with Crippen LogP contribution in [-0.4, -0.2) is 16.5 Å². The Bertz CT molecular complexity index is 689. The second kappa shape index (κ2) is 6.35. The standard InChI is InChI=1S/C15H11NOS3/c17-13(14-7-4-8-18-14)10-20-15-16-12(9-19-15)11-5-2-1-3-6-11/h1-9H,10H2. The van der Waals surface area contributed by atoms with Crippen LogP contribution in [0.3, 0.4) is 0 Å². The van der Waals surface area contributed by atoms with Gasteiger partial charge in [0.1, 0.15) is 0 Å². The van der Waals surface area contributed by atoms with Gasteiger partial charge >= 0.3 is 0 Å². The average molecular weight is 317 g/mol. The van der Waals surface area contributed by atoms with Crippen LogP contribution in [0.2, 0.25) is 0 Å². The van der Waals surface area contributed by atoms with Crippen LogP contribution in [0.5, 0.6) is 0 Å². The molecular formula is C15H11NOS3. The zero-order chi connectivity index (χ0) is 13.8. The number of carbonyl (C=O) groups is 1. The molecule has 0 fully saturated rings. The molecule has 100 valence electrons. The molecule has 0 atom stereocenters. The summed E-state index contributed by atoms with van der Waals surface area (Å²) in [5.74, 6) is 0.615. The summed E-state index contributed by atoms with van der Waals surface area (Å²) in [6.45, 7) is 0. The van der Waals surface area contributed by atoms with E-state index in [1.165, 1.54) is 23.1 Å². The molecular weight excluding hydrogens is 306 g/mol. The first-order valence-electron chi connectivity index (χ1n) is 6.03. The zero-order valence-electron chi connectivity index (χ0n) is 10.5. The van der Waals surface area contributed by atoms with Crippen LogP contribution >= 0.6 is 34.4 Å². The summed E-state index contributed by atoms with van der Waals surface area (Å²) in [7, 11) is 0. The fourth-order valence-electron chi connectivity index (χ4n) is 1.70. The molecule has 3 aromatic rings. The number of thioether (sulfide) groups is 1. The van der Waals surface area contributed by atoms with E-state index in [2.05, 4.69) is 4.98 Å². The van der Waals surface area contributed by atoms with Crippen molar-refractivity contribution in [1.29, 1.82) is 0 Å². The molecule has 0 aliphatic heterocycles. The normalized spacial score (nSPS) is 10.6. The first-order valence-corrected chi connectivity index (χ1v) is 8.78. The number of rotatable bonds is 5. The van der Waals surface area contributed by atoms with Gasteiger partial charge in [0.25, 0.3) is 0 Å². The minimum atomic E-state index is 0.168. The molecule has 2 heterocycles. The zero-order valence-corrected chi connectivity index (χ0v) is 12.9. The Balaban J connectivity index is 1.65. The smallest absolute Gasteiger partial charge is 0.183 e.